The Bertz CT molecular complexity index is 1020. The standard InChI is InChI=1S/C23H20FN3O3/c24-20-12-10-18(11-13-20)23(29)25-15-22(28)27-26-14-19-8-4-5-9-21(19)30-16-17-6-2-1-3-7-17/h1-14H,15-16H2,(H,25,29)(H,27,28)/b26-14-. The minimum Gasteiger partial charge on any atom is -0.488 e. The molecule has 7 heteroatoms. The van der Waals surface area contributed by atoms with Gasteiger partial charge in [-0.3, -0.25) is 9.59 Å². The van der Waals surface area contributed by atoms with Gasteiger partial charge in [-0.15, -0.1) is 0 Å². The molecule has 0 saturated heterocycles. The van der Waals surface area contributed by atoms with E-state index in [2.05, 4.69) is 15.8 Å². The number of amides is 2. The Morgan fingerprint density at radius 1 is 0.933 bits per heavy atom. The van der Waals surface area contributed by atoms with E-state index in [4.69, 9.17) is 4.74 Å². The van der Waals surface area contributed by atoms with Crippen LogP contribution < -0.4 is 15.5 Å². The highest BCUT2D eigenvalue weighted by molar-refractivity contribution is 5.96. The van der Waals surface area contributed by atoms with Gasteiger partial charge in [0.25, 0.3) is 11.8 Å². The minimum absolute atomic E-state index is 0.261. The van der Waals surface area contributed by atoms with Crippen molar-refractivity contribution in [2.45, 2.75) is 6.61 Å². The zero-order chi connectivity index (χ0) is 21.2. The van der Waals surface area contributed by atoms with Gasteiger partial charge in [-0.05, 0) is 42.0 Å². The summed E-state index contributed by atoms with van der Waals surface area (Å²) in [6.45, 7) is 0.146. The normalized spacial score (nSPS) is 10.6. The molecule has 0 aliphatic heterocycles. The number of nitrogens with zero attached hydrogens (tertiary/aromatic N) is 1. The Balaban J connectivity index is 1.49. The van der Waals surface area contributed by atoms with Crippen molar-refractivity contribution >= 4 is 18.0 Å². The molecule has 0 atom stereocenters. The van der Waals surface area contributed by atoms with E-state index in [0.29, 0.717) is 17.9 Å². The smallest absolute Gasteiger partial charge is 0.259 e. The zero-order valence-electron chi connectivity index (χ0n) is 16.0. The lowest BCUT2D eigenvalue weighted by molar-refractivity contribution is -0.120. The lowest BCUT2D eigenvalue weighted by Crippen LogP contribution is -2.34. The number of para-hydroxylation sites is 1. The van der Waals surface area contributed by atoms with Crippen molar-refractivity contribution in [3.8, 4) is 5.75 Å². The first kappa shape index (κ1) is 20.7. The summed E-state index contributed by atoms with van der Waals surface area (Å²) >= 11 is 0. The number of hydrogen-bond acceptors (Lipinski definition) is 4. The highest BCUT2D eigenvalue weighted by Gasteiger charge is 2.08. The topological polar surface area (TPSA) is 79.8 Å². The van der Waals surface area contributed by atoms with E-state index in [1.807, 2.05) is 54.6 Å². The Kier molecular flexibility index (Phi) is 7.27. The first-order valence-electron chi connectivity index (χ1n) is 9.23. The quantitative estimate of drug-likeness (QED) is 0.446. The molecule has 0 unspecified atom stereocenters. The number of ether oxygens (including phenoxy) is 1. The van der Waals surface area contributed by atoms with Gasteiger partial charge in [0.2, 0.25) is 0 Å². The van der Waals surface area contributed by atoms with Gasteiger partial charge < -0.3 is 10.1 Å². The van der Waals surface area contributed by atoms with Crippen LogP contribution in [0.25, 0.3) is 0 Å². The van der Waals surface area contributed by atoms with Crippen molar-refractivity contribution in [1.29, 1.82) is 0 Å². The van der Waals surface area contributed by atoms with Crippen molar-refractivity contribution in [3.63, 3.8) is 0 Å². The number of hydrogen-bond donors (Lipinski definition) is 2. The molecule has 3 aromatic carbocycles. The molecule has 6 nitrogen and oxygen atoms in total. The molecule has 0 saturated carbocycles. The maximum absolute atomic E-state index is 12.9. The average Bonchev–Trinajstić information content (AvgIpc) is 2.78. The zero-order valence-corrected chi connectivity index (χ0v) is 16.0. The molecule has 0 heterocycles. The van der Waals surface area contributed by atoms with E-state index in [0.717, 1.165) is 5.56 Å². The van der Waals surface area contributed by atoms with Crippen LogP contribution in [0.3, 0.4) is 0 Å². The molecule has 2 amide bonds. The summed E-state index contributed by atoms with van der Waals surface area (Å²) < 4.78 is 18.7. The van der Waals surface area contributed by atoms with Crippen LogP contribution >= 0.6 is 0 Å². The van der Waals surface area contributed by atoms with Gasteiger partial charge in [-0.25, -0.2) is 9.82 Å². The summed E-state index contributed by atoms with van der Waals surface area (Å²) in [5.74, 6) is -0.784. The Labute approximate surface area is 173 Å². The highest BCUT2D eigenvalue weighted by Crippen LogP contribution is 2.17. The summed E-state index contributed by atoms with van der Waals surface area (Å²) in [5, 5.41) is 6.36. The van der Waals surface area contributed by atoms with E-state index < -0.39 is 17.6 Å². The SMILES string of the molecule is O=C(CNC(=O)c1ccc(F)cc1)N/N=C\c1ccccc1OCc1ccccc1. The van der Waals surface area contributed by atoms with E-state index in [1.165, 1.54) is 30.5 Å². The van der Waals surface area contributed by atoms with Crippen LogP contribution in [0.1, 0.15) is 21.5 Å². The highest BCUT2D eigenvalue weighted by atomic mass is 19.1. The largest absolute Gasteiger partial charge is 0.488 e. The van der Waals surface area contributed by atoms with Crippen molar-refractivity contribution in [2.24, 2.45) is 5.10 Å². The van der Waals surface area contributed by atoms with Crippen LogP contribution in [0.4, 0.5) is 4.39 Å². The molecule has 152 valence electrons. The van der Waals surface area contributed by atoms with Crippen molar-refractivity contribution in [1.82, 2.24) is 10.7 Å². The fourth-order valence-corrected chi connectivity index (χ4v) is 2.53. The van der Waals surface area contributed by atoms with Gasteiger partial charge in [0.15, 0.2) is 0 Å². The van der Waals surface area contributed by atoms with Gasteiger partial charge in [0.1, 0.15) is 18.2 Å². The van der Waals surface area contributed by atoms with Gasteiger partial charge in [0, 0.05) is 11.1 Å². The molecule has 3 rings (SSSR count). The molecule has 0 spiro atoms. The average molecular weight is 405 g/mol. The third kappa shape index (κ3) is 6.27. The number of hydrazone groups is 1. The maximum atomic E-state index is 12.9. The van der Waals surface area contributed by atoms with E-state index in [-0.39, 0.29) is 12.1 Å². The van der Waals surface area contributed by atoms with Crippen LogP contribution in [0.15, 0.2) is 84.0 Å². The first-order chi connectivity index (χ1) is 14.6. The van der Waals surface area contributed by atoms with Crippen LogP contribution in [0.2, 0.25) is 0 Å². The van der Waals surface area contributed by atoms with Crippen LogP contribution in [0, 0.1) is 5.82 Å². The van der Waals surface area contributed by atoms with Gasteiger partial charge >= 0.3 is 0 Å². The Hall–Kier alpha value is -4.00. The summed E-state index contributed by atoms with van der Waals surface area (Å²) in [5.41, 5.74) is 4.34. The monoisotopic (exact) mass is 405 g/mol. The number of rotatable bonds is 8. The van der Waals surface area contributed by atoms with E-state index in [9.17, 15) is 14.0 Å². The molecule has 0 aromatic heterocycles. The number of carbonyl (C=O) groups excluding carboxylic acids is 2. The lowest BCUT2D eigenvalue weighted by Gasteiger charge is -2.09. The van der Waals surface area contributed by atoms with Crippen molar-refractivity contribution < 1.29 is 18.7 Å². The van der Waals surface area contributed by atoms with Crippen molar-refractivity contribution in [3.05, 3.63) is 101 Å². The van der Waals surface area contributed by atoms with Gasteiger partial charge in [-0.1, -0.05) is 42.5 Å². The third-order valence-corrected chi connectivity index (χ3v) is 4.06. The summed E-state index contributed by atoms with van der Waals surface area (Å²) in [6.07, 6.45) is 1.47. The number of carbonyl (C=O) groups is 2. The number of benzene rings is 3. The van der Waals surface area contributed by atoms with E-state index >= 15 is 0 Å². The Morgan fingerprint density at radius 2 is 1.63 bits per heavy atom. The van der Waals surface area contributed by atoms with Crippen LogP contribution in [0.5, 0.6) is 5.75 Å². The third-order valence-electron chi connectivity index (χ3n) is 4.06. The summed E-state index contributed by atoms with van der Waals surface area (Å²) in [4.78, 5) is 23.8. The predicted octanol–water partition coefficient (Wildman–Crippen LogP) is 3.28. The second-order valence-corrected chi connectivity index (χ2v) is 6.29. The van der Waals surface area contributed by atoms with E-state index in [1.54, 1.807) is 0 Å². The van der Waals surface area contributed by atoms with Crippen molar-refractivity contribution in [2.75, 3.05) is 6.54 Å². The first-order valence-corrected chi connectivity index (χ1v) is 9.23. The summed E-state index contributed by atoms with van der Waals surface area (Å²) in [6, 6.07) is 22.1. The molecule has 30 heavy (non-hydrogen) atoms. The predicted molar refractivity (Wildman–Crippen MR) is 112 cm³/mol. The van der Waals surface area contributed by atoms with Crippen LogP contribution in [-0.4, -0.2) is 24.6 Å². The molecular weight excluding hydrogens is 385 g/mol. The molecule has 0 aliphatic carbocycles. The fourth-order valence-electron chi connectivity index (χ4n) is 2.53. The molecule has 2 N–H and O–H groups in total. The van der Waals surface area contributed by atoms with Gasteiger partial charge in [0.05, 0.1) is 12.8 Å². The molecular formula is C23H20FN3O3. The fraction of sp³-hybridized carbons (Fsp3) is 0.0870. The van der Waals surface area contributed by atoms with Gasteiger partial charge in [-0.2, -0.15) is 5.10 Å². The minimum atomic E-state index is -0.496. The van der Waals surface area contributed by atoms with Crippen LogP contribution in [-0.2, 0) is 11.4 Å². The molecule has 0 aliphatic rings. The molecule has 0 fully saturated rings. The molecule has 0 radical (unpaired) electrons. The lowest BCUT2D eigenvalue weighted by atomic mass is 10.2. The number of halogens is 1. The number of nitrogens with one attached hydrogen (secondary N) is 2. The molecule has 3 aromatic rings. The second-order valence-electron chi connectivity index (χ2n) is 6.29. The Morgan fingerprint density at radius 3 is 2.40 bits per heavy atom. The molecule has 0 bridgehead atoms. The maximum Gasteiger partial charge on any atom is 0.259 e. The summed E-state index contributed by atoms with van der Waals surface area (Å²) in [7, 11) is 0. The second kappa shape index (κ2) is 10.5.